The van der Waals surface area contributed by atoms with Crippen LogP contribution in [0.4, 0.5) is 5.69 Å². The van der Waals surface area contributed by atoms with Gasteiger partial charge in [-0.05, 0) is 31.4 Å². The Bertz CT molecular complexity index is 632. The van der Waals surface area contributed by atoms with Crippen molar-refractivity contribution in [3.8, 4) is 0 Å². The summed E-state index contributed by atoms with van der Waals surface area (Å²) in [4.78, 5) is 18.4. The molecule has 2 fully saturated rings. The van der Waals surface area contributed by atoms with Gasteiger partial charge >= 0.3 is 0 Å². The molecular formula is C14H19N3O3S. The summed E-state index contributed by atoms with van der Waals surface area (Å²) >= 11 is 0. The molecule has 2 atom stereocenters. The maximum absolute atomic E-state index is 12.6. The average Bonchev–Trinajstić information content (AvgIpc) is 2.94. The molecule has 0 aliphatic carbocycles. The molecule has 3 heterocycles. The maximum Gasteiger partial charge on any atom is 0.231 e. The number of hydrogen-bond acceptors (Lipinski definition) is 4. The third-order valence-corrected chi connectivity index (χ3v) is 6.24. The van der Waals surface area contributed by atoms with Crippen LogP contribution >= 0.6 is 0 Å². The number of anilines is 1. The molecule has 21 heavy (non-hydrogen) atoms. The number of sulfonamides is 1. The van der Waals surface area contributed by atoms with Crippen LogP contribution in [0.5, 0.6) is 0 Å². The van der Waals surface area contributed by atoms with Crippen molar-refractivity contribution >= 4 is 21.6 Å². The summed E-state index contributed by atoms with van der Waals surface area (Å²) in [6, 6.07) is 3.66. The van der Waals surface area contributed by atoms with E-state index in [0.29, 0.717) is 19.6 Å². The van der Waals surface area contributed by atoms with E-state index in [1.165, 1.54) is 4.31 Å². The summed E-state index contributed by atoms with van der Waals surface area (Å²) < 4.78 is 25.5. The van der Waals surface area contributed by atoms with Gasteiger partial charge in [-0.25, -0.2) is 12.7 Å². The molecule has 0 aromatic carbocycles. The van der Waals surface area contributed by atoms with Crippen LogP contribution in [-0.4, -0.2) is 49.0 Å². The first-order valence-electron chi connectivity index (χ1n) is 7.22. The van der Waals surface area contributed by atoms with E-state index in [1.807, 2.05) is 6.07 Å². The van der Waals surface area contributed by atoms with E-state index in [-0.39, 0.29) is 23.5 Å². The first kappa shape index (κ1) is 14.5. The summed E-state index contributed by atoms with van der Waals surface area (Å²) in [7, 11) is -3.21. The number of piperidine rings is 1. The van der Waals surface area contributed by atoms with E-state index in [4.69, 9.17) is 0 Å². The fraction of sp³-hybridized carbons (Fsp3) is 0.571. The van der Waals surface area contributed by atoms with Crippen LogP contribution in [0.25, 0.3) is 0 Å². The van der Waals surface area contributed by atoms with Crippen molar-refractivity contribution in [2.75, 3.05) is 30.3 Å². The zero-order valence-electron chi connectivity index (χ0n) is 12.0. The van der Waals surface area contributed by atoms with Crippen molar-refractivity contribution in [1.82, 2.24) is 9.29 Å². The topological polar surface area (TPSA) is 70.6 Å². The molecule has 1 amide bonds. The van der Waals surface area contributed by atoms with E-state index in [1.54, 1.807) is 30.3 Å². The van der Waals surface area contributed by atoms with E-state index in [2.05, 4.69) is 4.98 Å². The largest absolute Gasteiger partial charge is 0.311 e. The van der Waals surface area contributed by atoms with Crippen LogP contribution in [-0.2, 0) is 14.8 Å². The summed E-state index contributed by atoms with van der Waals surface area (Å²) in [5.41, 5.74) is 0.790. The van der Waals surface area contributed by atoms with E-state index >= 15 is 0 Å². The van der Waals surface area contributed by atoms with Crippen molar-refractivity contribution in [2.45, 2.75) is 13.3 Å². The van der Waals surface area contributed by atoms with Gasteiger partial charge in [0.25, 0.3) is 0 Å². The van der Waals surface area contributed by atoms with Crippen LogP contribution in [0.3, 0.4) is 0 Å². The van der Waals surface area contributed by atoms with Crippen LogP contribution in [0, 0.1) is 11.8 Å². The highest BCUT2D eigenvalue weighted by molar-refractivity contribution is 7.89. The van der Waals surface area contributed by atoms with Crippen molar-refractivity contribution in [3.05, 3.63) is 24.5 Å². The molecule has 6 nitrogen and oxygen atoms in total. The Hall–Kier alpha value is -1.47. The minimum Gasteiger partial charge on any atom is -0.311 e. The molecule has 0 bridgehead atoms. The molecule has 2 aliphatic heterocycles. The molecular weight excluding hydrogens is 290 g/mol. The highest BCUT2D eigenvalue weighted by Gasteiger charge is 2.46. The normalized spacial score (nSPS) is 26.9. The molecule has 0 spiro atoms. The molecule has 0 saturated carbocycles. The fourth-order valence-electron chi connectivity index (χ4n) is 3.19. The second-order valence-electron chi connectivity index (χ2n) is 5.57. The molecule has 114 valence electrons. The van der Waals surface area contributed by atoms with Crippen molar-refractivity contribution in [3.63, 3.8) is 0 Å². The van der Waals surface area contributed by atoms with Crippen LogP contribution < -0.4 is 4.90 Å². The number of aromatic nitrogens is 1. The zero-order valence-corrected chi connectivity index (χ0v) is 12.8. The predicted molar refractivity (Wildman–Crippen MR) is 79.2 cm³/mol. The van der Waals surface area contributed by atoms with Gasteiger partial charge in [0, 0.05) is 25.8 Å². The smallest absolute Gasteiger partial charge is 0.231 e. The van der Waals surface area contributed by atoms with Crippen molar-refractivity contribution < 1.29 is 13.2 Å². The lowest BCUT2D eigenvalue weighted by molar-refractivity contribution is -0.124. The van der Waals surface area contributed by atoms with Gasteiger partial charge in [0.2, 0.25) is 15.9 Å². The van der Waals surface area contributed by atoms with Gasteiger partial charge in [0.15, 0.2) is 0 Å². The zero-order chi connectivity index (χ0) is 15.0. The molecule has 3 rings (SSSR count). The molecule has 7 heteroatoms. The molecule has 2 aliphatic rings. The molecule has 2 unspecified atom stereocenters. The average molecular weight is 309 g/mol. The number of pyridine rings is 1. The molecule has 0 N–H and O–H groups in total. The van der Waals surface area contributed by atoms with Gasteiger partial charge in [0.1, 0.15) is 0 Å². The van der Waals surface area contributed by atoms with Crippen LogP contribution in [0.15, 0.2) is 24.5 Å². The molecule has 1 aromatic rings. The number of amides is 1. The number of hydrogen-bond donors (Lipinski definition) is 0. The van der Waals surface area contributed by atoms with E-state index in [9.17, 15) is 13.2 Å². The van der Waals surface area contributed by atoms with Gasteiger partial charge in [0.05, 0.1) is 23.6 Å². The number of rotatable bonds is 3. The minimum atomic E-state index is -3.21. The Morgan fingerprint density at radius 3 is 2.86 bits per heavy atom. The second-order valence-corrected chi connectivity index (χ2v) is 7.83. The van der Waals surface area contributed by atoms with Gasteiger partial charge < -0.3 is 4.90 Å². The first-order valence-corrected chi connectivity index (χ1v) is 8.83. The number of nitrogens with zero attached hydrogens (tertiary/aromatic N) is 3. The summed E-state index contributed by atoms with van der Waals surface area (Å²) in [6.45, 7) is 3.07. The Labute approximate surface area is 124 Å². The molecule has 0 radical (unpaired) electrons. The highest BCUT2D eigenvalue weighted by atomic mass is 32.2. The van der Waals surface area contributed by atoms with Gasteiger partial charge in [-0.1, -0.05) is 0 Å². The lowest BCUT2D eigenvalue weighted by Crippen LogP contribution is -2.45. The fourth-order valence-corrected chi connectivity index (χ4v) is 4.36. The van der Waals surface area contributed by atoms with Gasteiger partial charge in [-0.15, -0.1) is 0 Å². The van der Waals surface area contributed by atoms with Crippen LogP contribution in [0.1, 0.15) is 13.3 Å². The van der Waals surface area contributed by atoms with Crippen molar-refractivity contribution in [1.29, 1.82) is 0 Å². The van der Waals surface area contributed by atoms with Crippen LogP contribution in [0.2, 0.25) is 0 Å². The Morgan fingerprint density at radius 1 is 1.38 bits per heavy atom. The Balaban J connectivity index is 1.80. The second kappa shape index (κ2) is 5.38. The third-order valence-electron chi connectivity index (χ3n) is 4.43. The van der Waals surface area contributed by atoms with Gasteiger partial charge in [-0.2, -0.15) is 0 Å². The SMILES string of the molecule is CCS(=O)(=O)N1CC2CCN(c3cccnc3)C(=O)C2C1. The number of carbonyl (C=O) groups is 1. The number of carbonyl (C=O) groups excluding carboxylic acids is 1. The lowest BCUT2D eigenvalue weighted by Gasteiger charge is -2.33. The maximum atomic E-state index is 12.6. The number of fused-ring (bicyclic) bond motifs is 1. The Kier molecular flexibility index (Phi) is 3.71. The third kappa shape index (κ3) is 2.55. The standard InChI is InChI=1S/C14H19N3O3S/c1-2-21(19,20)16-9-11-5-7-17(14(18)13(11)10-16)12-4-3-6-15-8-12/h3-4,6,8,11,13H,2,5,7,9-10H2,1H3. The highest BCUT2D eigenvalue weighted by Crippen LogP contribution is 2.35. The monoisotopic (exact) mass is 309 g/mol. The van der Waals surface area contributed by atoms with Gasteiger partial charge in [-0.3, -0.25) is 9.78 Å². The first-order chi connectivity index (χ1) is 10.0. The van der Waals surface area contributed by atoms with E-state index < -0.39 is 10.0 Å². The summed E-state index contributed by atoms with van der Waals surface area (Å²) in [6.07, 6.45) is 4.18. The lowest BCUT2D eigenvalue weighted by atomic mass is 9.88. The summed E-state index contributed by atoms with van der Waals surface area (Å²) in [5, 5.41) is 0. The molecule has 2 saturated heterocycles. The molecule has 1 aromatic heterocycles. The van der Waals surface area contributed by atoms with E-state index in [0.717, 1.165) is 12.1 Å². The summed E-state index contributed by atoms with van der Waals surface area (Å²) in [5.74, 6) is 0.0347. The predicted octanol–water partition coefficient (Wildman–Crippen LogP) is 0.716. The Morgan fingerprint density at radius 2 is 2.19 bits per heavy atom. The minimum absolute atomic E-state index is 0.0213. The quantitative estimate of drug-likeness (QED) is 0.825. The van der Waals surface area contributed by atoms with Crippen molar-refractivity contribution in [2.24, 2.45) is 11.8 Å².